The van der Waals surface area contributed by atoms with E-state index in [2.05, 4.69) is 19.1 Å². The van der Waals surface area contributed by atoms with Gasteiger partial charge in [0, 0.05) is 0 Å². The Kier molecular flexibility index (Phi) is 2.43. The summed E-state index contributed by atoms with van der Waals surface area (Å²) >= 11 is 0. The van der Waals surface area contributed by atoms with Crippen LogP contribution in [0.3, 0.4) is 0 Å². The maximum Gasteiger partial charge on any atom is 0.113 e. The molecule has 1 heteroatoms. The fourth-order valence-electron chi connectivity index (χ4n) is 2.28. The van der Waals surface area contributed by atoms with Crippen LogP contribution < -0.4 is 5.46 Å². The van der Waals surface area contributed by atoms with Gasteiger partial charge >= 0.3 is 0 Å². The summed E-state index contributed by atoms with van der Waals surface area (Å²) in [4.78, 5) is 0. The van der Waals surface area contributed by atoms with Gasteiger partial charge in [-0.05, 0) is 30.2 Å². The van der Waals surface area contributed by atoms with Gasteiger partial charge in [0.25, 0.3) is 0 Å². The van der Waals surface area contributed by atoms with Crippen molar-refractivity contribution in [3.63, 3.8) is 0 Å². The van der Waals surface area contributed by atoms with Gasteiger partial charge in [0.1, 0.15) is 7.85 Å². The predicted octanol–water partition coefficient (Wildman–Crippen LogP) is 2.38. The van der Waals surface area contributed by atoms with Gasteiger partial charge in [-0.15, -0.1) is 0 Å². The third-order valence-corrected chi connectivity index (χ3v) is 3.10. The summed E-state index contributed by atoms with van der Waals surface area (Å²) in [6.45, 7) is 2.34. The van der Waals surface area contributed by atoms with E-state index in [-0.39, 0.29) is 0 Å². The lowest BCUT2D eigenvalue weighted by molar-refractivity contribution is 0.596. The average molecular weight is 170 g/mol. The second-order valence-corrected chi connectivity index (χ2v) is 4.28. The molecule has 0 N–H and O–H groups in total. The highest BCUT2D eigenvalue weighted by molar-refractivity contribution is 6.32. The highest BCUT2D eigenvalue weighted by Crippen LogP contribution is 2.37. The van der Waals surface area contributed by atoms with Crippen LogP contribution in [-0.4, -0.2) is 7.85 Å². The van der Waals surface area contributed by atoms with Gasteiger partial charge in [-0.1, -0.05) is 43.1 Å². The molecular weight excluding hydrogens is 155 g/mol. The van der Waals surface area contributed by atoms with Gasteiger partial charge in [0.15, 0.2) is 0 Å². The third kappa shape index (κ3) is 1.96. The zero-order valence-electron chi connectivity index (χ0n) is 8.16. The summed E-state index contributed by atoms with van der Waals surface area (Å²) in [6, 6.07) is 8.38. The van der Waals surface area contributed by atoms with Gasteiger partial charge in [-0.25, -0.2) is 0 Å². The van der Waals surface area contributed by atoms with Gasteiger partial charge in [-0.2, -0.15) is 0 Å². The molecule has 66 valence electrons. The van der Waals surface area contributed by atoms with Crippen molar-refractivity contribution in [1.29, 1.82) is 0 Å². The largest absolute Gasteiger partial charge is 0.113 e. The lowest BCUT2D eigenvalue weighted by Crippen LogP contribution is -2.02. The zero-order valence-corrected chi connectivity index (χ0v) is 8.16. The first kappa shape index (κ1) is 8.86. The highest BCUT2D eigenvalue weighted by Gasteiger charge is 2.22. The minimum atomic E-state index is 0.788. The van der Waals surface area contributed by atoms with Crippen LogP contribution >= 0.6 is 0 Å². The molecule has 1 aromatic rings. The fourth-order valence-corrected chi connectivity index (χ4v) is 2.28. The molecule has 2 unspecified atom stereocenters. The van der Waals surface area contributed by atoms with E-state index >= 15 is 0 Å². The van der Waals surface area contributed by atoms with Crippen molar-refractivity contribution in [1.82, 2.24) is 0 Å². The molecule has 0 nitrogen and oxygen atoms in total. The van der Waals surface area contributed by atoms with Crippen LogP contribution in [0.2, 0.25) is 0 Å². The van der Waals surface area contributed by atoms with Crippen LogP contribution in [0.4, 0.5) is 0 Å². The van der Waals surface area contributed by atoms with E-state index < -0.39 is 0 Å². The van der Waals surface area contributed by atoms with E-state index in [0.717, 1.165) is 17.3 Å². The molecule has 2 atom stereocenters. The van der Waals surface area contributed by atoms with Crippen molar-refractivity contribution >= 4 is 13.3 Å². The monoisotopic (exact) mass is 170 g/mol. The summed E-state index contributed by atoms with van der Waals surface area (Å²) in [5.41, 5.74) is 2.34. The summed E-state index contributed by atoms with van der Waals surface area (Å²) in [5.74, 6) is 1.69. The fraction of sp³-hybridized carbons (Fsp3) is 0.500. The molecule has 0 aliphatic heterocycles. The number of benzene rings is 1. The molecule has 2 rings (SSSR count). The summed E-state index contributed by atoms with van der Waals surface area (Å²) in [6.07, 6.45) is 4.09. The molecule has 1 fully saturated rings. The SMILES string of the molecule is [B]c1ccc(C2CCC(C)C2)cc1. The van der Waals surface area contributed by atoms with E-state index in [4.69, 9.17) is 7.85 Å². The Labute approximate surface area is 81.8 Å². The molecule has 2 radical (unpaired) electrons. The van der Waals surface area contributed by atoms with Crippen LogP contribution in [-0.2, 0) is 0 Å². The summed E-state index contributed by atoms with van der Waals surface area (Å²) in [5, 5.41) is 0. The van der Waals surface area contributed by atoms with Crippen LogP contribution in [0.1, 0.15) is 37.7 Å². The molecule has 0 aromatic heterocycles. The molecule has 1 aromatic carbocycles. The Morgan fingerprint density at radius 3 is 2.38 bits per heavy atom. The van der Waals surface area contributed by atoms with E-state index in [1.165, 1.54) is 24.8 Å². The lowest BCUT2D eigenvalue weighted by Gasteiger charge is -2.09. The lowest BCUT2D eigenvalue weighted by atomic mass is 9.91. The summed E-state index contributed by atoms with van der Waals surface area (Å²) < 4.78 is 0. The first-order chi connectivity index (χ1) is 6.25. The molecule has 0 amide bonds. The van der Waals surface area contributed by atoms with Gasteiger partial charge in [-0.3, -0.25) is 0 Å². The minimum absolute atomic E-state index is 0.788. The van der Waals surface area contributed by atoms with E-state index in [1.54, 1.807) is 0 Å². The average Bonchev–Trinajstić information content (AvgIpc) is 2.53. The van der Waals surface area contributed by atoms with E-state index in [0.29, 0.717) is 0 Å². The van der Waals surface area contributed by atoms with Crippen LogP contribution in [0, 0.1) is 5.92 Å². The Bertz CT molecular complexity index is 276. The first-order valence-electron chi connectivity index (χ1n) is 5.11. The molecule has 0 heterocycles. The van der Waals surface area contributed by atoms with Crippen molar-refractivity contribution < 1.29 is 0 Å². The van der Waals surface area contributed by atoms with Crippen molar-refractivity contribution in [3.8, 4) is 0 Å². The third-order valence-electron chi connectivity index (χ3n) is 3.10. The second kappa shape index (κ2) is 3.57. The number of rotatable bonds is 1. The van der Waals surface area contributed by atoms with Crippen LogP contribution in [0.25, 0.3) is 0 Å². The Hall–Kier alpha value is -0.715. The van der Waals surface area contributed by atoms with Crippen molar-refractivity contribution in [2.75, 3.05) is 0 Å². The molecule has 13 heavy (non-hydrogen) atoms. The first-order valence-corrected chi connectivity index (χ1v) is 5.11. The topological polar surface area (TPSA) is 0 Å². The normalized spacial score (nSPS) is 27.8. The molecule has 1 saturated carbocycles. The maximum absolute atomic E-state index is 5.65. The van der Waals surface area contributed by atoms with Gasteiger partial charge in [0.2, 0.25) is 0 Å². The Morgan fingerprint density at radius 1 is 1.15 bits per heavy atom. The molecule has 1 aliphatic carbocycles. The van der Waals surface area contributed by atoms with Crippen molar-refractivity contribution in [2.45, 2.75) is 32.1 Å². The number of hydrogen-bond acceptors (Lipinski definition) is 0. The van der Waals surface area contributed by atoms with Crippen LogP contribution in [0.5, 0.6) is 0 Å². The summed E-state index contributed by atoms with van der Waals surface area (Å²) in [7, 11) is 5.65. The Balaban J connectivity index is 2.13. The molecular formula is C12H15B. The molecule has 1 aliphatic rings. The predicted molar refractivity (Wildman–Crippen MR) is 57.6 cm³/mol. The zero-order chi connectivity index (χ0) is 9.26. The molecule has 0 spiro atoms. The van der Waals surface area contributed by atoms with Crippen molar-refractivity contribution in [2.24, 2.45) is 5.92 Å². The van der Waals surface area contributed by atoms with E-state index in [1.807, 2.05) is 12.1 Å². The van der Waals surface area contributed by atoms with Gasteiger partial charge < -0.3 is 0 Å². The standard InChI is InChI=1S/C12H15B/c1-9-2-3-11(8-9)10-4-6-12(13)7-5-10/h4-7,9,11H,2-3,8H2,1H3. The van der Waals surface area contributed by atoms with Crippen molar-refractivity contribution in [3.05, 3.63) is 29.8 Å². The minimum Gasteiger partial charge on any atom is -0.0967 e. The number of hydrogen-bond donors (Lipinski definition) is 0. The molecule has 0 bridgehead atoms. The smallest absolute Gasteiger partial charge is 0.0967 e. The second-order valence-electron chi connectivity index (χ2n) is 4.28. The quantitative estimate of drug-likeness (QED) is 0.567. The van der Waals surface area contributed by atoms with Gasteiger partial charge in [0.05, 0.1) is 0 Å². The maximum atomic E-state index is 5.65. The van der Waals surface area contributed by atoms with E-state index in [9.17, 15) is 0 Å². The highest BCUT2D eigenvalue weighted by atomic mass is 14.3. The molecule has 0 saturated heterocycles. The van der Waals surface area contributed by atoms with Crippen LogP contribution in [0.15, 0.2) is 24.3 Å². The Morgan fingerprint density at radius 2 is 1.85 bits per heavy atom.